The maximum Gasteiger partial charge on any atom is 0.185 e. The molecule has 18 heavy (non-hydrogen) atoms. The second kappa shape index (κ2) is 5.55. The van der Waals surface area contributed by atoms with E-state index < -0.39 is 0 Å². The first kappa shape index (κ1) is 12.4. The standard InChI is InChI=1S/C13H22N4S/c1-14-8-12-9-15-13(18-12)17-7-6-16-5-3-2-4-11(16)10-17/h9,11,14H,2-8,10H2,1H3. The number of rotatable bonds is 3. The summed E-state index contributed by atoms with van der Waals surface area (Å²) in [6, 6.07) is 0.768. The maximum absolute atomic E-state index is 4.58. The Morgan fingerprint density at radius 2 is 2.33 bits per heavy atom. The van der Waals surface area contributed by atoms with Crippen molar-refractivity contribution in [2.75, 3.05) is 38.1 Å². The number of aromatic nitrogens is 1. The largest absolute Gasteiger partial charge is 0.345 e. The van der Waals surface area contributed by atoms with Gasteiger partial charge in [-0.3, -0.25) is 4.90 Å². The molecule has 2 fully saturated rings. The molecule has 0 radical (unpaired) electrons. The van der Waals surface area contributed by atoms with Crippen LogP contribution in [0.15, 0.2) is 6.20 Å². The first-order valence-electron chi connectivity index (χ1n) is 6.95. The Kier molecular flexibility index (Phi) is 3.82. The molecule has 1 aromatic rings. The zero-order chi connectivity index (χ0) is 12.4. The number of nitrogens with zero attached hydrogens (tertiary/aromatic N) is 3. The van der Waals surface area contributed by atoms with Crippen LogP contribution in [0.5, 0.6) is 0 Å². The fourth-order valence-corrected chi connectivity index (χ4v) is 3.99. The van der Waals surface area contributed by atoms with E-state index in [9.17, 15) is 0 Å². The van der Waals surface area contributed by atoms with Gasteiger partial charge in [0.05, 0.1) is 0 Å². The van der Waals surface area contributed by atoms with E-state index in [-0.39, 0.29) is 0 Å². The molecule has 100 valence electrons. The molecule has 0 bridgehead atoms. The van der Waals surface area contributed by atoms with Gasteiger partial charge < -0.3 is 10.2 Å². The van der Waals surface area contributed by atoms with Gasteiger partial charge in [0.2, 0.25) is 0 Å². The number of fused-ring (bicyclic) bond motifs is 1. The van der Waals surface area contributed by atoms with Crippen LogP contribution in [0.4, 0.5) is 5.13 Å². The highest BCUT2D eigenvalue weighted by atomic mass is 32.1. The van der Waals surface area contributed by atoms with E-state index >= 15 is 0 Å². The van der Waals surface area contributed by atoms with Crippen molar-refractivity contribution in [3.05, 3.63) is 11.1 Å². The minimum Gasteiger partial charge on any atom is -0.345 e. The summed E-state index contributed by atoms with van der Waals surface area (Å²) in [5, 5.41) is 4.40. The minimum absolute atomic E-state index is 0.768. The molecular weight excluding hydrogens is 244 g/mol. The molecule has 1 N–H and O–H groups in total. The molecule has 0 saturated carbocycles. The molecule has 0 spiro atoms. The summed E-state index contributed by atoms with van der Waals surface area (Å²) in [5.74, 6) is 0. The Morgan fingerprint density at radius 1 is 1.39 bits per heavy atom. The van der Waals surface area contributed by atoms with E-state index in [2.05, 4.69) is 20.1 Å². The fourth-order valence-electron chi connectivity index (χ4n) is 3.03. The zero-order valence-corrected chi connectivity index (χ0v) is 11.9. The van der Waals surface area contributed by atoms with Crippen molar-refractivity contribution in [1.82, 2.24) is 15.2 Å². The molecule has 2 aliphatic heterocycles. The van der Waals surface area contributed by atoms with Gasteiger partial charge in [-0.15, -0.1) is 11.3 Å². The van der Waals surface area contributed by atoms with E-state index in [0.717, 1.165) is 19.1 Å². The molecule has 0 amide bonds. The highest BCUT2D eigenvalue weighted by Gasteiger charge is 2.29. The first-order chi connectivity index (χ1) is 8.86. The summed E-state index contributed by atoms with van der Waals surface area (Å²) in [7, 11) is 1.99. The molecule has 4 nitrogen and oxygen atoms in total. The van der Waals surface area contributed by atoms with Gasteiger partial charge in [0.15, 0.2) is 5.13 Å². The predicted molar refractivity (Wildman–Crippen MR) is 76.3 cm³/mol. The van der Waals surface area contributed by atoms with Crippen molar-refractivity contribution < 1.29 is 0 Å². The number of piperidine rings is 1. The van der Waals surface area contributed by atoms with E-state index in [1.54, 1.807) is 0 Å². The molecule has 1 aromatic heterocycles. The van der Waals surface area contributed by atoms with Crippen molar-refractivity contribution in [1.29, 1.82) is 0 Å². The maximum atomic E-state index is 4.58. The molecule has 2 aliphatic rings. The third-order valence-electron chi connectivity index (χ3n) is 4.00. The lowest BCUT2D eigenvalue weighted by Crippen LogP contribution is -2.54. The number of hydrogen-bond donors (Lipinski definition) is 1. The Hall–Kier alpha value is -0.650. The lowest BCUT2D eigenvalue weighted by molar-refractivity contribution is 0.133. The average molecular weight is 266 g/mol. The molecule has 3 heterocycles. The molecule has 3 rings (SSSR count). The fraction of sp³-hybridized carbons (Fsp3) is 0.769. The normalized spacial score (nSPS) is 25.2. The van der Waals surface area contributed by atoms with Crippen molar-refractivity contribution in [3.63, 3.8) is 0 Å². The summed E-state index contributed by atoms with van der Waals surface area (Å²) in [4.78, 5) is 11.1. The van der Waals surface area contributed by atoms with Crippen molar-refractivity contribution in [2.24, 2.45) is 0 Å². The van der Waals surface area contributed by atoms with Gasteiger partial charge in [-0.1, -0.05) is 6.42 Å². The van der Waals surface area contributed by atoms with Crippen LogP contribution in [0.1, 0.15) is 24.1 Å². The van der Waals surface area contributed by atoms with Crippen molar-refractivity contribution in [3.8, 4) is 0 Å². The molecule has 0 aliphatic carbocycles. The zero-order valence-electron chi connectivity index (χ0n) is 11.1. The highest BCUT2D eigenvalue weighted by molar-refractivity contribution is 7.15. The van der Waals surface area contributed by atoms with Gasteiger partial charge in [0.25, 0.3) is 0 Å². The second-order valence-electron chi connectivity index (χ2n) is 5.27. The van der Waals surface area contributed by atoms with Gasteiger partial charge in [-0.2, -0.15) is 0 Å². The molecule has 5 heteroatoms. The van der Waals surface area contributed by atoms with Crippen LogP contribution >= 0.6 is 11.3 Å². The lowest BCUT2D eigenvalue weighted by Gasteiger charge is -2.44. The van der Waals surface area contributed by atoms with Gasteiger partial charge in [0, 0.05) is 43.3 Å². The summed E-state index contributed by atoms with van der Waals surface area (Å²) in [6.07, 6.45) is 6.17. The van der Waals surface area contributed by atoms with Gasteiger partial charge >= 0.3 is 0 Å². The van der Waals surface area contributed by atoms with Crippen LogP contribution in [0.3, 0.4) is 0 Å². The molecule has 1 unspecified atom stereocenters. The van der Waals surface area contributed by atoms with E-state index in [1.165, 1.54) is 48.9 Å². The number of hydrogen-bond acceptors (Lipinski definition) is 5. The summed E-state index contributed by atoms with van der Waals surface area (Å²) < 4.78 is 0. The van der Waals surface area contributed by atoms with Crippen LogP contribution < -0.4 is 10.2 Å². The molecule has 0 aromatic carbocycles. The average Bonchev–Trinajstić information content (AvgIpc) is 2.87. The van der Waals surface area contributed by atoms with Crippen LogP contribution in [-0.2, 0) is 6.54 Å². The summed E-state index contributed by atoms with van der Waals surface area (Å²) in [6.45, 7) is 5.77. The van der Waals surface area contributed by atoms with E-state index in [4.69, 9.17) is 0 Å². The minimum atomic E-state index is 0.768. The van der Waals surface area contributed by atoms with Gasteiger partial charge in [-0.25, -0.2) is 4.98 Å². The monoisotopic (exact) mass is 266 g/mol. The van der Waals surface area contributed by atoms with Crippen LogP contribution in [-0.4, -0.2) is 49.2 Å². The SMILES string of the molecule is CNCc1cnc(N2CCN3CCCCC3C2)s1. The summed E-state index contributed by atoms with van der Waals surface area (Å²) in [5.41, 5.74) is 0. The number of piperazine rings is 1. The smallest absolute Gasteiger partial charge is 0.185 e. The predicted octanol–water partition coefficient (Wildman–Crippen LogP) is 1.54. The van der Waals surface area contributed by atoms with Gasteiger partial charge in [-0.05, 0) is 26.4 Å². The van der Waals surface area contributed by atoms with E-state index in [0.29, 0.717) is 0 Å². The number of nitrogens with one attached hydrogen (secondary N) is 1. The molecule has 2 saturated heterocycles. The van der Waals surface area contributed by atoms with Crippen molar-refractivity contribution >= 4 is 16.5 Å². The van der Waals surface area contributed by atoms with Crippen LogP contribution in [0.25, 0.3) is 0 Å². The molecular formula is C13H22N4S. The van der Waals surface area contributed by atoms with Crippen LogP contribution in [0.2, 0.25) is 0 Å². The topological polar surface area (TPSA) is 31.4 Å². The second-order valence-corrected chi connectivity index (χ2v) is 6.36. The quantitative estimate of drug-likeness (QED) is 0.899. The molecule has 1 atom stereocenters. The van der Waals surface area contributed by atoms with Crippen LogP contribution in [0, 0.1) is 0 Å². The highest BCUT2D eigenvalue weighted by Crippen LogP contribution is 2.27. The lowest BCUT2D eigenvalue weighted by atomic mass is 10.00. The third kappa shape index (κ3) is 2.53. The Labute approximate surface area is 113 Å². The number of thiazole rings is 1. The Bertz CT molecular complexity index is 392. The van der Waals surface area contributed by atoms with Crippen molar-refractivity contribution in [2.45, 2.75) is 31.8 Å². The van der Waals surface area contributed by atoms with Gasteiger partial charge in [0.1, 0.15) is 0 Å². The Balaban J connectivity index is 1.65. The first-order valence-corrected chi connectivity index (χ1v) is 7.77. The Morgan fingerprint density at radius 3 is 3.22 bits per heavy atom. The summed E-state index contributed by atoms with van der Waals surface area (Å²) >= 11 is 1.84. The number of anilines is 1. The third-order valence-corrected chi connectivity index (χ3v) is 5.06. The van der Waals surface area contributed by atoms with E-state index in [1.807, 2.05) is 24.6 Å².